The molecule has 0 aromatic carbocycles. The van der Waals surface area contributed by atoms with E-state index in [0.717, 1.165) is 12.1 Å². The van der Waals surface area contributed by atoms with Crippen LogP contribution in [0.4, 0.5) is 5.82 Å². The van der Waals surface area contributed by atoms with Gasteiger partial charge >= 0.3 is 5.97 Å². The molecule has 0 unspecified atom stereocenters. The van der Waals surface area contributed by atoms with Crippen LogP contribution in [-0.4, -0.2) is 32.4 Å². The minimum atomic E-state index is -0.970. The predicted molar refractivity (Wildman–Crippen MR) is 66.6 cm³/mol. The Labute approximate surface area is 104 Å². The molecule has 2 N–H and O–H groups in total. The summed E-state index contributed by atoms with van der Waals surface area (Å²) < 4.78 is 1.76. The number of rotatable bonds is 5. The van der Waals surface area contributed by atoms with Gasteiger partial charge in [0.25, 0.3) is 0 Å². The average Bonchev–Trinajstić information content (AvgIpc) is 2.76. The van der Waals surface area contributed by atoms with Crippen LogP contribution in [0.5, 0.6) is 0 Å². The number of hydrogen-bond acceptors (Lipinski definition) is 4. The van der Waals surface area contributed by atoms with Gasteiger partial charge in [-0.15, -0.1) is 0 Å². The Bertz CT molecular complexity index is 533. The third-order valence-corrected chi connectivity index (χ3v) is 2.47. The number of carbonyl (C=O) groups is 1. The lowest BCUT2D eigenvalue weighted by molar-refractivity contribution is 0.0696. The molecule has 0 radical (unpaired) electrons. The van der Waals surface area contributed by atoms with E-state index in [9.17, 15) is 4.79 Å². The Morgan fingerprint density at radius 3 is 2.83 bits per heavy atom. The fraction of sp³-hybridized carbons (Fsp3) is 0.250. The minimum Gasteiger partial charge on any atom is -0.478 e. The van der Waals surface area contributed by atoms with Crippen molar-refractivity contribution < 1.29 is 9.90 Å². The first-order chi connectivity index (χ1) is 8.65. The Balaban J connectivity index is 1.85. The van der Waals surface area contributed by atoms with Gasteiger partial charge in [0.1, 0.15) is 5.82 Å². The van der Waals surface area contributed by atoms with Crippen molar-refractivity contribution in [2.45, 2.75) is 6.42 Å². The maximum atomic E-state index is 10.6. The van der Waals surface area contributed by atoms with Crippen LogP contribution >= 0.6 is 0 Å². The van der Waals surface area contributed by atoms with Crippen LogP contribution in [0.2, 0.25) is 0 Å². The average molecular weight is 246 g/mol. The summed E-state index contributed by atoms with van der Waals surface area (Å²) in [5.41, 5.74) is 1.19. The smallest absolute Gasteiger partial charge is 0.337 e. The highest BCUT2D eigenvalue weighted by Crippen LogP contribution is 2.05. The molecular formula is C12H14N4O2. The molecule has 2 heterocycles. The number of aryl methyl sites for hydroxylation is 1. The first-order valence-corrected chi connectivity index (χ1v) is 5.57. The maximum absolute atomic E-state index is 10.6. The lowest BCUT2D eigenvalue weighted by Gasteiger charge is -2.04. The summed E-state index contributed by atoms with van der Waals surface area (Å²) in [6.45, 7) is 0.705. The summed E-state index contributed by atoms with van der Waals surface area (Å²) in [6, 6.07) is 5.14. The number of carboxylic acid groups (broad SMARTS) is 1. The fourth-order valence-corrected chi connectivity index (χ4v) is 1.54. The van der Waals surface area contributed by atoms with Crippen LogP contribution in [0.1, 0.15) is 16.1 Å². The summed E-state index contributed by atoms with van der Waals surface area (Å²) in [7, 11) is 1.88. The monoisotopic (exact) mass is 246 g/mol. The van der Waals surface area contributed by atoms with Crippen LogP contribution in [-0.2, 0) is 13.5 Å². The Hall–Kier alpha value is -2.37. The highest BCUT2D eigenvalue weighted by atomic mass is 16.4. The van der Waals surface area contributed by atoms with Gasteiger partial charge in [0, 0.05) is 32.4 Å². The van der Waals surface area contributed by atoms with Gasteiger partial charge in [-0.2, -0.15) is 5.10 Å². The second kappa shape index (κ2) is 5.31. The summed E-state index contributed by atoms with van der Waals surface area (Å²) in [6.07, 6.45) is 4.03. The SMILES string of the molecule is Cn1ccc(CCNc2ccc(C(=O)O)cn2)n1. The number of hydrogen-bond donors (Lipinski definition) is 2. The van der Waals surface area contributed by atoms with Crippen molar-refractivity contribution in [1.82, 2.24) is 14.8 Å². The van der Waals surface area contributed by atoms with Crippen LogP contribution in [0.3, 0.4) is 0 Å². The zero-order chi connectivity index (χ0) is 13.0. The molecule has 0 atom stereocenters. The van der Waals surface area contributed by atoms with Crippen molar-refractivity contribution >= 4 is 11.8 Å². The fourth-order valence-electron chi connectivity index (χ4n) is 1.54. The Kier molecular flexibility index (Phi) is 3.57. The number of anilines is 1. The molecule has 0 saturated carbocycles. The largest absolute Gasteiger partial charge is 0.478 e. The number of carboxylic acids is 1. The van der Waals surface area contributed by atoms with Gasteiger partial charge in [-0.3, -0.25) is 4.68 Å². The number of nitrogens with zero attached hydrogens (tertiary/aromatic N) is 3. The molecule has 0 bridgehead atoms. The molecular weight excluding hydrogens is 232 g/mol. The number of aromatic carboxylic acids is 1. The van der Waals surface area contributed by atoms with Gasteiger partial charge in [-0.05, 0) is 18.2 Å². The van der Waals surface area contributed by atoms with Crippen molar-refractivity contribution in [3.05, 3.63) is 41.9 Å². The number of nitrogens with one attached hydrogen (secondary N) is 1. The standard InChI is InChI=1S/C12H14N4O2/c1-16-7-5-10(15-16)4-6-13-11-3-2-9(8-14-11)12(17)18/h2-3,5,7-8H,4,6H2,1H3,(H,13,14)(H,17,18). The van der Waals surface area contributed by atoms with E-state index in [1.54, 1.807) is 10.7 Å². The third kappa shape index (κ3) is 3.07. The van der Waals surface area contributed by atoms with E-state index in [0.29, 0.717) is 12.4 Å². The molecule has 2 aromatic heterocycles. The van der Waals surface area contributed by atoms with E-state index in [4.69, 9.17) is 5.11 Å². The van der Waals surface area contributed by atoms with Crippen molar-refractivity contribution in [2.75, 3.05) is 11.9 Å². The molecule has 18 heavy (non-hydrogen) atoms. The van der Waals surface area contributed by atoms with Gasteiger partial charge in [0.2, 0.25) is 0 Å². The van der Waals surface area contributed by atoms with Crippen molar-refractivity contribution in [1.29, 1.82) is 0 Å². The quantitative estimate of drug-likeness (QED) is 0.827. The summed E-state index contributed by atoms with van der Waals surface area (Å²) in [5.74, 6) is -0.307. The van der Waals surface area contributed by atoms with Crippen molar-refractivity contribution in [2.24, 2.45) is 7.05 Å². The Morgan fingerprint density at radius 1 is 1.44 bits per heavy atom. The molecule has 0 fully saturated rings. The molecule has 0 saturated heterocycles. The zero-order valence-electron chi connectivity index (χ0n) is 10.00. The normalized spacial score (nSPS) is 10.3. The van der Waals surface area contributed by atoms with E-state index in [1.807, 2.05) is 19.3 Å². The lowest BCUT2D eigenvalue weighted by atomic mass is 10.3. The molecule has 2 rings (SSSR count). The summed E-state index contributed by atoms with van der Waals surface area (Å²) in [5, 5.41) is 16.1. The predicted octanol–water partition coefficient (Wildman–Crippen LogP) is 1.17. The maximum Gasteiger partial charge on any atom is 0.337 e. The first kappa shape index (κ1) is 12.1. The van der Waals surface area contributed by atoms with E-state index in [-0.39, 0.29) is 5.56 Å². The van der Waals surface area contributed by atoms with Gasteiger partial charge in [-0.25, -0.2) is 9.78 Å². The molecule has 0 amide bonds. The second-order valence-electron chi connectivity index (χ2n) is 3.89. The van der Waals surface area contributed by atoms with Crippen molar-refractivity contribution in [3.63, 3.8) is 0 Å². The highest BCUT2D eigenvalue weighted by molar-refractivity contribution is 5.87. The van der Waals surface area contributed by atoms with E-state index in [2.05, 4.69) is 15.4 Å². The molecule has 6 nitrogen and oxygen atoms in total. The van der Waals surface area contributed by atoms with Crippen molar-refractivity contribution in [3.8, 4) is 0 Å². The topological polar surface area (TPSA) is 80.0 Å². The van der Waals surface area contributed by atoms with E-state index >= 15 is 0 Å². The van der Waals surface area contributed by atoms with Gasteiger partial charge in [0.15, 0.2) is 0 Å². The van der Waals surface area contributed by atoms with E-state index in [1.165, 1.54) is 12.3 Å². The summed E-state index contributed by atoms with van der Waals surface area (Å²) >= 11 is 0. The van der Waals surface area contributed by atoms with Crippen LogP contribution < -0.4 is 5.32 Å². The van der Waals surface area contributed by atoms with Gasteiger partial charge in [0.05, 0.1) is 11.3 Å². The third-order valence-electron chi connectivity index (χ3n) is 2.47. The Morgan fingerprint density at radius 2 is 2.28 bits per heavy atom. The van der Waals surface area contributed by atoms with Crippen LogP contribution in [0.25, 0.3) is 0 Å². The van der Waals surface area contributed by atoms with Gasteiger partial charge in [-0.1, -0.05) is 0 Å². The lowest BCUT2D eigenvalue weighted by Crippen LogP contribution is -2.07. The molecule has 0 aliphatic carbocycles. The van der Waals surface area contributed by atoms with E-state index < -0.39 is 5.97 Å². The molecule has 0 aliphatic rings. The summed E-state index contributed by atoms with van der Waals surface area (Å²) in [4.78, 5) is 14.7. The molecule has 94 valence electrons. The highest BCUT2D eigenvalue weighted by Gasteiger charge is 2.02. The van der Waals surface area contributed by atoms with Crippen LogP contribution in [0, 0.1) is 0 Å². The number of pyridine rings is 1. The van der Waals surface area contributed by atoms with Crippen LogP contribution in [0.15, 0.2) is 30.6 Å². The second-order valence-corrected chi connectivity index (χ2v) is 3.89. The first-order valence-electron chi connectivity index (χ1n) is 5.57. The number of aromatic nitrogens is 3. The molecule has 0 aliphatic heterocycles. The molecule has 2 aromatic rings. The minimum absolute atomic E-state index is 0.185. The molecule has 6 heteroatoms. The molecule has 0 spiro atoms. The van der Waals surface area contributed by atoms with Gasteiger partial charge < -0.3 is 10.4 Å². The zero-order valence-corrected chi connectivity index (χ0v) is 10.00.